The van der Waals surface area contributed by atoms with Gasteiger partial charge in [0.05, 0.1) is 33.1 Å². The van der Waals surface area contributed by atoms with Gasteiger partial charge in [-0.1, -0.05) is 17.4 Å². The van der Waals surface area contributed by atoms with Crippen LogP contribution in [-0.2, 0) is 4.79 Å². The quantitative estimate of drug-likeness (QED) is 0.581. The van der Waals surface area contributed by atoms with E-state index in [9.17, 15) is 4.79 Å². The van der Waals surface area contributed by atoms with Crippen LogP contribution in [0.25, 0.3) is 16.3 Å². The molecule has 3 rings (SSSR count). The largest absolute Gasteiger partial charge is 0.494 e. The molecule has 7 nitrogen and oxygen atoms in total. The molecule has 0 bridgehead atoms. The molecule has 0 fully saturated rings. The Bertz CT molecular complexity index is 1050. The second-order valence-electron chi connectivity index (χ2n) is 6.06. The van der Waals surface area contributed by atoms with Crippen LogP contribution in [0.3, 0.4) is 0 Å². The highest BCUT2D eigenvalue weighted by Gasteiger charge is 2.14. The number of fused-ring (bicyclic) bond motifs is 1. The minimum absolute atomic E-state index is 0.297. The lowest BCUT2D eigenvalue weighted by Gasteiger charge is -2.12. The Morgan fingerprint density at radius 3 is 2.24 bits per heavy atom. The predicted molar refractivity (Wildman–Crippen MR) is 115 cm³/mol. The molecule has 0 unspecified atom stereocenters. The van der Waals surface area contributed by atoms with Crippen molar-refractivity contribution in [1.82, 2.24) is 4.98 Å². The van der Waals surface area contributed by atoms with E-state index in [4.69, 9.17) is 18.9 Å². The maximum absolute atomic E-state index is 12.4. The van der Waals surface area contributed by atoms with E-state index in [0.29, 0.717) is 28.1 Å². The fourth-order valence-electron chi connectivity index (χ4n) is 2.84. The molecule has 3 aromatic rings. The zero-order valence-electron chi connectivity index (χ0n) is 16.9. The SMILES string of the molecule is COc1cc(/C=C/C(=O)Nc2nc3c(OC)ccc(C)c3s2)cc(OC)c1OC. The molecule has 8 heteroatoms. The fraction of sp³-hybridized carbons (Fsp3) is 0.238. The number of carbonyl (C=O) groups is 1. The predicted octanol–water partition coefficient (Wildman–Crippen LogP) is 4.29. The van der Waals surface area contributed by atoms with Gasteiger partial charge in [0.2, 0.25) is 11.7 Å². The molecule has 1 heterocycles. The summed E-state index contributed by atoms with van der Waals surface area (Å²) in [6, 6.07) is 7.36. The topological polar surface area (TPSA) is 78.9 Å². The van der Waals surface area contributed by atoms with E-state index in [1.165, 1.54) is 24.5 Å². The molecule has 152 valence electrons. The Morgan fingerprint density at radius 2 is 1.66 bits per heavy atom. The third-order valence-electron chi connectivity index (χ3n) is 4.27. The number of hydrogen-bond acceptors (Lipinski definition) is 7. The Balaban J connectivity index is 1.81. The van der Waals surface area contributed by atoms with Gasteiger partial charge < -0.3 is 18.9 Å². The number of carbonyl (C=O) groups excluding carboxylic acids is 1. The highest BCUT2D eigenvalue weighted by atomic mass is 32.1. The molecule has 1 N–H and O–H groups in total. The first-order valence-electron chi connectivity index (χ1n) is 8.74. The Hall–Kier alpha value is -3.26. The third-order valence-corrected chi connectivity index (χ3v) is 5.37. The second-order valence-corrected chi connectivity index (χ2v) is 7.06. The molecule has 0 saturated heterocycles. The first-order valence-corrected chi connectivity index (χ1v) is 9.55. The number of hydrogen-bond donors (Lipinski definition) is 1. The van der Waals surface area contributed by atoms with Gasteiger partial charge in [-0.3, -0.25) is 10.1 Å². The standard InChI is InChI=1S/C21H22N2O5S/c1-12-6-8-14(25-2)18-20(12)29-21(23-18)22-17(24)9-7-13-10-15(26-3)19(28-5)16(11-13)27-4/h6-11H,1-5H3,(H,22,23,24)/b9-7+. The number of anilines is 1. The van der Waals surface area contributed by atoms with Crippen LogP contribution in [-0.4, -0.2) is 39.3 Å². The van der Waals surface area contributed by atoms with Crippen molar-refractivity contribution in [3.63, 3.8) is 0 Å². The Kier molecular flexibility index (Phi) is 6.23. The summed E-state index contributed by atoms with van der Waals surface area (Å²) < 4.78 is 22.3. The average molecular weight is 414 g/mol. The summed E-state index contributed by atoms with van der Waals surface area (Å²) in [5.74, 6) is 1.90. The summed E-state index contributed by atoms with van der Waals surface area (Å²) in [6.45, 7) is 2.00. The van der Waals surface area contributed by atoms with E-state index in [1.807, 2.05) is 19.1 Å². The normalized spacial score (nSPS) is 10.9. The van der Waals surface area contributed by atoms with E-state index >= 15 is 0 Å². The van der Waals surface area contributed by atoms with Gasteiger partial charge in [-0.25, -0.2) is 4.98 Å². The zero-order valence-corrected chi connectivity index (χ0v) is 17.7. The Labute approximate surface area is 172 Å². The summed E-state index contributed by atoms with van der Waals surface area (Å²) in [4.78, 5) is 16.9. The van der Waals surface area contributed by atoms with Gasteiger partial charge in [0.1, 0.15) is 11.3 Å². The van der Waals surface area contributed by atoms with E-state index in [2.05, 4.69) is 10.3 Å². The van der Waals surface area contributed by atoms with E-state index in [1.54, 1.807) is 39.5 Å². The zero-order chi connectivity index (χ0) is 21.0. The van der Waals surface area contributed by atoms with Gasteiger partial charge >= 0.3 is 0 Å². The number of thiazole rings is 1. The minimum atomic E-state index is -0.297. The van der Waals surface area contributed by atoms with Gasteiger partial charge in [0.25, 0.3) is 0 Å². The van der Waals surface area contributed by atoms with E-state index < -0.39 is 0 Å². The van der Waals surface area contributed by atoms with E-state index in [-0.39, 0.29) is 5.91 Å². The molecular formula is C21H22N2O5S. The maximum atomic E-state index is 12.4. The molecule has 29 heavy (non-hydrogen) atoms. The van der Waals surface area contributed by atoms with Gasteiger partial charge in [0.15, 0.2) is 16.6 Å². The van der Waals surface area contributed by atoms with Crippen molar-refractivity contribution in [2.24, 2.45) is 0 Å². The smallest absolute Gasteiger partial charge is 0.250 e. The van der Waals surface area contributed by atoms with Gasteiger partial charge in [-0.15, -0.1) is 0 Å². The van der Waals surface area contributed by atoms with Crippen molar-refractivity contribution in [2.45, 2.75) is 6.92 Å². The first-order chi connectivity index (χ1) is 14.0. The molecule has 0 saturated carbocycles. The summed E-state index contributed by atoms with van der Waals surface area (Å²) in [5.41, 5.74) is 2.55. The number of methoxy groups -OCH3 is 4. The summed E-state index contributed by atoms with van der Waals surface area (Å²) >= 11 is 1.41. The molecular weight excluding hydrogens is 392 g/mol. The fourth-order valence-corrected chi connectivity index (χ4v) is 3.80. The maximum Gasteiger partial charge on any atom is 0.250 e. The summed E-state index contributed by atoms with van der Waals surface area (Å²) in [6.07, 6.45) is 3.09. The third kappa shape index (κ3) is 4.27. The highest BCUT2D eigenvalue weighted by molar-refractivity contribution is 7.22. The Morgan fingerprint density at radius 1 is 1.00 bits per heavy atom. The molecule has 2 aromatic carbocycles. The number of nitrogens with one attached hydrogen (secondary N) is 1. The molecule has 0 aliphatic carbocycles. The van der Waals surface area contributed by atoms with Crippen LogP contribution in [0.5, 0.6) is 23.0 Å². The van der Waals surface area contributed by atoms with Crippen LogP contribution in [0.15, 0.2) is 30.3 Å². The van der Waals surface area contributed by atoms with Crippen LogP contribution in [0.2, 0.25) is 0 Å². The van der Waals surface area contributed by atoms with E-state index in [0.717, 1.165) is 21.3 Å². The van der Waals surface area contributed by atoms with Crippen molar-refractivity contribution in [3.8, 4) is 23.0 Å². The molecule has 0 aliphatic rings. The van der Waals surface area contributed by atoms with Crippen molar-refractivity contribution in [1.29, 1.82) is 0 Å². The van der Waals surface area contributed by atoms with Gasteiger partial charge in [-0.05, 0) is 42.3 Å². The molecule has 1 aromatic heterocycles. The van der Waals surface area contributed by atoms with Crippen LogP contribution in [0.4, 0.5) is 5.13 Å². The molecule has 0 radical (unpaired) electrons. The van der Waals surface area contributed by atoms with Crippen LogP contribution in [0.1, 0.15) is 11.1 Å². The van der Waals surface area contributed by atoms with Crippen molar-refractivity contribution in [3.05, 3.63) is 41.5 Å². The molecule has 0 atom stereocenters. The number of amides is 1. The van der Waals surface area contributed by atoms with Crippen LogP contribution >= 0.6 is 11.3 Å². The summed E-state index contributed by atoms with van der Waals surface area (Å²) in [7, 11) is 6.22. The monoisotopic (exact) mass is 414 g/mol. The lowest BCUT2D eigenvalue weighted by atomic mass is 10.1. The average Bonchev–Trinajstić information content (AvgIpc) is 3.16. The second kappa shape index (κ2) is 8.83. The number of nitrogens with zero attached hydrogens (tertiary/aromatic N) is 1. The number of aromatic nitrogens is 1. The van der Waals surface area contributed by atoms with Crippen molar-refractivity contribution < 1.29 is 23.7 Å². The number of ether oxygens (including phenoxy) is 4. The van der Waals surface area contributed by atoms with Gasteiger partial charge in [-0.2, -0.15) is 0 Å². The first kappa shape index (κ1) is 20.5. The molecule has 0 aliphatic heterocycles. The molecule has 1 amide bonds. The minimum Gasteiger partial charge on any atom is -0.494 e. The van der Waals surface area contributed by atoms with Gasteiger partial charge in [0, 0.05) is 6.08 Å². The van der Waals surface area contributed by atoms with Crippen molar-refractivity contribution in [2.75, 3.05) is 33.8 Å². The number of aryl methyl sites for hydroxylation is 1. The lowest BCUT2D eigenvalue weighted by Crippen LogP contribution is -2.07. The highest BCUT2D eigenvalue weighted by Crippen LogP contribution is 2.38. The summed E-state index contributed by atoms with van der Waals surface area (Å²) in [5, 5.41) is 3.31. The lowest BCUT2D eigenvalue weighted by molar-refractivity contribution is -0.111. The van der Waals surface area contributed by atoms with Crippen molar-refractivity contribution >= 4 is 38.7 Å². The number of rotatable bonds is 7. The van der Waals surface area contributed by atoms with Crippen LogP contribution < -0.4 is 24.3 Å². The number of benzene rings is 2. The van der Waals surface area contributed by atoms with Crippen LogP contribution in [0, 0.1) is 6.92 Å². The molecule has 0 spiro atoms.